The molecule has 6 nitrogen and oxygen atoms in total. The topological polar surface area (TPSA) is 73.9 Å². The molecule has 1 aliphatic rings. The Morgan fingerprint density at radius 1 is 1.23 bits per heavy atom. The number of esters is 1. The average molecular weight is 307 g/mol. The molecule has 1 N–H and O–H groups in total. The average Bonchev–Trinajstić information content (AvgIpc) is 3.30. The molecule has 0 aliphatic heterocycles. The van der Waals surface area contributed by atoms with Crippen LogP contribution in [0.5, 0.6) is 11.5 Å². The minimum absolute atomic E-state index is 0.0708. The van der Waals surface area contributed by atoms with Crippen molar-refractivity contribution in [2.24, 2.45) is 0 Å². The second-order valence-corrected chi connectivity index (χ2v) is 5.28. The first-order chi connectivity index (χ1) is 10.5. The van der Waals surface area contributed by atoms with E-state index in [0.717, 1.165) is 18.4 Å². The number of hydrogen-bond donors (Lipinski definition) is 1. The summed E-state index contributed by atoms with van der Waals surface area (Å²) in [5.74, 6) is 0.443. The highest BCUT2D eigenvalue weighted by Gasteiger charge is 2.27. The third-order valence-corrected chi connectivity index (χ3v) is 3.40. The molecule has 0 spiro atoms. The van der Waals surface area contributed by atoms with E-state index in [4.69, 9.17) is 14.2 Å². The molecule has 2 rings (SSSR count). The minimum Gasteiger partial charge on any atom is -0.493 e. The Balaban J connectivity index is 1.89. The summed E-state index contributed by atoms with van der Waals surface area (Å²) in [5.41, 5.74) is 0.734. The van der Waals surface area contributed by atoms with Crippen LogP contribution < -0.4 is 14.8 Å². The molecule has 1 fully saturated rings. The molecule has 0 bridgehead atoms. The number of benzene rings is 1. The van der Waals surface area contributed by atoms with Crippen molar-refractivity contribution >= 4 is 11.9 Å². The van der Waals surface area contributed by atoms with E-state index in [0.29, 0.717) is 11.5 Å². The van der Waals surface area contributed by atoms with Crippen molar-refractivity contribution in [2.75, 3.05) is 14.2 Å². The largest absolute Gasteiger partial charge is 0.493 e. The molecular weight excluding hydrogens is 286 g/mol. The van der Waals surface area contributed by atoms with Gasteiger partial charge in [-0.3, -0.25) is 9.59 Å². The zero-order valence-electron chi connectivity index (χ0n) is 13.0. The fourth-order valence-corrected chi connectivity index (χ4v) is 2.00. The molecule has 1 atom stereocenters. The lowest BCUT2D eigenvalue weighted by atomic mass is 10.1. The van der Waals surface area contributed by atoms with Crippen molar-refractivity contribution in [1.29, 1.82) is 0 Å². The van der Waals surface area contributed by atoms with Crippen molar-refractivity contribution in [3.63, 3.8) is 0 Å². The smallest absolute Gasteiger partial charge is 0.311 e. The maximum atomic E-state index is 11.9. The Morgan fingerprint density at radius 2 is 1.91 bits per heavy atom. The molecule has 0 radical (unpaired) electrons. The number of methoxy groups -OCH3 is 2. The lowest BCUT2D eigenvalue weighted by Gasteiger charge is -2.14. The predicted octanol–water partition coefficient (Wildman–Crippen LogP) is 1.46. The van der Waals surface area contributed by atoms with Gasteiger partial charge in [0.05, 0.1) is 20.6 Å². The third-order valence-electron chi connectivity index (χ3n) is 3.40. The lowest BCUT2D eigenvalue weighted by Crippen LogP contribution is -2.37. The van der Waals surface area contributed by atoms with Gasteiger partial charge in [-0.2, -0.15) is 0 Å². The van der Waals surface area contributed by atoms with Crippen molar-refractivity contribution in [3.05, 3.63) is 23.8 Å². The van der Waals surface area contributed by atoms with Gasteiger partial charge in [-0.1, -0.05) is 6.07 Å². The molecular formula is C16H21NO5. The van der Waals surface area contributed by atoms with Crippen LogP contribution in [-0.4, -0.2) is 38.2 Å². The standard InChI is InChI=1S/C16H21NO5/c1-10(16(19)17-12-5-6-12)22-15(18)9-11-4-7-13(20-2)14(8-11)21-3/h4,7-8,10,12H,5-6,9H2,1-3H3,(H,17,19)/t10-/m0/s1. The molecule has 6 heteroatoms. The van der Waals surface area contributed by atoms with Crippen LogP contribution in [0.4, 0.5) is 0 Å². The Labute approximate surface area is 129 Å². The first-order valence-electron chi connectivity index (χ1n) is 7.24. The second kappa shape index (κ2) is 7.15. The highest BCUT2D eigenvalue weighted by molar-refractivity contribution is 5.84. The molecule has 0 unspecified atom stereocenters. The maximum Gasteiger partial charge on any atom is 0.311 e. The number of ether oxygens (including phenoxy) is 3. The Morgan fingerprint density at radius 3 is 2.50 bits per heavy atom. The minimum atomic E-state index is -0.784. The normalized spacial score (nSPS) is 14.9. The SMILES string of the molecule is COc1ccc(CC(=O)O[C@@H](C)C(=O)NC2CC2)cc1OC. The van der Waals surface area contributed by atoms with E-state index in [-0.39, 0.29) is 18.4 Å². The number of amides is 1. The van der Waals surface area contributed by atoms with E-state index in [1.165, 1.54) is 7.11 Å². The zero-order chi connectivity index (χ0) is 16.1. The quantitative estimate of drug-likeness (QED) is 0.772. The first kappa shape index (κ1) is 16.1. The molecule has 0 saturated heterocycles. The summed E-state index contributed by atoms with van der Waals surface area (Å²) in [6.45, 7) is 1.57. The molecule has 1 aliphatic carbocycles. The molecule has 1 aromatic rings. The lowest BCUT2D eigenvalue weighted by molar-refractivity contribution is -0.154. The van der Waals surface area contributed by atoms with Crippen LogP contribution in [0.3, 0.4) is 0 Å². The summed E-state index contributed by atoms with van der Waals surface area (Å²) >= 11 is 0. The summed E-state index contributed by atoms with van der Waals surface area (Å²) in [5, 5.41) is 2.80. The second-order valence-electron chi connectivity index (χ2n) is 5.28. The molecule has 120 valence electrons. The molecule has 0 heterocycles. The van der Waals surface area contributed by atoms with Crippen LogP contribution >= 0.6 is 0 Å². The van der Waals surface area contributed by atoms with Crippen LogP contribution in [0.1, 0.15) is 25.3 Å². The summed E-state index contributed by atoms with van der Waals surface area (Å²) in [6, 6.07) is 5.46. The van der Waals surface area contributed by atoms with Gasteiger partial charge in [0.1, 0.15) is 0 Å². The third kappa shape index (κ3) is 4.38. The van der Waals surface area contributed by atoms with Gasteiger partial charge in [0.25, 0.3) is 5.91 Å². The van der Waals surface area contributed by atoms with E-state index in [1.54, 1.807) is 32.2 Å². The van der Waals surface area contributed by atoms with Crippen LogP contribution in [0.2, 0.25) is 0 Å². The predicted molar refractivity (Wildman–Crippen MR) is 80.0 cm³/mol. The van der Waals surface area contributed by atoms with Gasteiger partial charge < -0.3 is 19.5 Å². The van der Waals surface area contributed by atoms with Gasteiger partial charge in [-0.05, 0) is 37.5 Å². The van der Waals surface area contributed by atoms with Gasteiger partial charge in [-0.25, -0.2) is 0 Å². The number of hydrogen-bond acceptors (Lipinski definition) is 5. The highest BCUT2D eigenvalue weighted by Crippen LogP contribution is 2.27. The number of nitrogens with one attached hydrogen (secondary N) is 1. The van der Waals surface area contributed by atoms with E-state index >= 15 is 0 Å². The van der Waals surface area contributed by atoms with E-state index < -0.39 is 12.1 Å². The highest BCUT2D eigenvalue weighted by atomic mass is 16.5. The monoisotopic (exact) mass is 307 g/mol. The first-order valence-corrected chi connectivity index (χ1v) is 7.24. The van der Waals surface area contributed by atoms with Crippen molar-refractivity contribution < 1.29 is 23.8 Å². The van der Waals surface area contributed by atoms with E-state index in [1.807, 2.05) is 0 Å². The molecule has 1 amide bonds. The zero-order valence-corrected chi connectivity index (χ0v) is 13.0. The molecule has 22 heavy (non-hydrogen) atoms. The van der Waals surface area contributed by atoms with E-state index in [9.17, 15) is 9.59 Å². The van der Waals surface area contributed by atoms with Gasteiger partial charge in [0, 0.05) is 6.04 Å². The van der Waals surface area contributed by atoms with Gasteiger partial charge in [0.15, 0.2) is 17.6 Å². The van der Waals surface area contributed by atoms with Crippen LogP contribution in [0, 0.1) is 0 Å². The van der Waals surface area contributed by atoms with Crippen molar-refractivity contribution in [2.45, 2.75) is 38.3 Å². The fourth-order valence-electron chi connectivity index (χ4n) is 2.00. The van der Waals surface area contributed by atoms with Gasteiger partial charge in [-0.15, -0.1) is 0 Å². The van der Waals surface area contributed by atoms with Gasteiger partial charge in [0.2, 0.25) is 0 Å². The van der Waals surface area contributed by atoms with Crippen LogP contribution in [-0.2, 0) is 20.7 Å². The molecule has 1 saturated carbocycles. The summed E-state index contributed by atoms with van der Waals surface area (Å²) < 4.78 is 15.5. The summed E-state index contributed by atoms with van der Waals surface area (Å²) in [4.78, 5) is 23.6. The number of rotatable bonds is 7. The summed E-state index contributed by atoms with van der Waals surface area (Å²) in [7, 11) is 3.08. The van der Waals surface area contributed by atoms with E-state index in [2.05, 4.69) is 5.32 Å². The molecule has 0 aromatic heterocycles. The number of carbonyl (C=O) groups is 2. The fraction of sp³-hybridized carbons (Fsp3) is 0.500. The van der Waals surface area contributed by atoms with Crippen molar-refractivity contribution in [1.82, 2.24) is 5.32 Å². The summed E-state index contributed by atoms with van der Waals surface area (Å²) in [6.07, 6.45) is 1.28. The van der Waals surface area contributed by atoms with Crippen LogP contribution in [0.25, 0.3) is 0 Å². The van der Waals surface area contributed by atoms with Crippen molar-refractivity contribution in [3.8, 4) is 11.5 Å². The Bertz CT molecular complexity index is 553. The maximum absolute atomic E-state index is 11.9. The Hall–Kier alpha value is -2.24. The molecule has 1 aromatic carbocycles. The van der Waals surface area contributed by atoms with Gasteiger partial charge >= 0.3 is 5.97 Å². The van der Waals surface area contributed by atoms with Crippen LogP contribution in [0.15, 0.2) is 18.2 Å². The number of carbonyl (C=O) groups excluding carboxylic acids is 2. The Kier molecular flexibility index (Phi) is 5.25.